The van der Waals surface area contributed by atoms with Crippen molar-refractivity contribution >= 4 is 17.2 Å². The second-order valence-corrected chi connectivity index (χ2v) is 9.93. The molecular weight excluding hydrogens is 460 g/mol. The Balaban J connectivity index is 1.46. The maximum absolute atomic E-state index is 13.6. The molecule has 186 valence electrons. The van der Waals surface area contributed by atoms with Crippen molar-refractivity contribution in [3.05, 3.63) is 87.6 Å². The van der Waals surface area contributed by atoms with Crippen molar-refractivity contribution in [2.75, 3.05) is 46.5 Å². The van der Waals surface area contributed by atoms with E-state index in [2.05, 4.69) is 11.4 Å². The largest absolute Gasteiger partial charge is 0.491 e. The lowest BCUT2D eigenvalue weighted by molar-refractivity contribution is -0.136. The van der Waals surface area contributed by atoms with Gasteiger partial charge in [0.15, 0.2) is 0 Å². The van der Waals surface area contributed by atoms with E-state index in [-0.39, 0.29) is 18.5 Å². The number of thiophene rings is 1. The van der Waals surface area contributed by atoms with Crippen LogP contribution in [0.5, 0.6) is 5.75 Å². The molecule has 0 bridgehead atoms. The number of nitrogens with zero attached hydrogens (tertiary/aromatic N) is 2. The Morgan fingerprint density at radius 1 is 1.17 bits per heavy atom. The van der Waals surface area contributed by atoms with Gasteiger partial charge in [0.05, 0.1) is 25.3 Å². The molecule has 0 aliphatic carbocycles. The van der Waals surface area contributed by atoms with Crippen LogP contribution in [-0.4, -0.2) is 67.3 Å². The summed E-state index contributed by atoms with van der Waals surface area (Å²) in [6, 6.07) is 19.5. The number of fused-ring (bicyclic) bond motifs is 1. The van der Waals surface area contributed by atoms with Crippen LogP contribution in [0, 0.1) is 6.92 Å². The fourth-order valence-electron chi connectivity index (χ4n) is 4.45. The van der Waals surface area contributed by atoms with Crippen molar-refractivity contribution in [2.24, 2.45) is 0 Å². The molecule has 2 aromatic carbocycles. The van der Waals surface area contributed by atoms with Crippen molar-refractivity contribution in [1.29, 1.82) is 0 Å². The lowest BCUT2D eigenvalue weighted by atomic mass is 10.0. The van der Waals surface area contributed by atoms with Crippen LogP contribution in [-0.2, 0) is 16.0 Å². The van der Waals surface area contributed by atoms with E-state index < -0.39 is 6.10 Å². The molecule has 2 unspecified atom stereocenters. The summed E-state index contributed by atoms with van der Waals surface area (Å²) in [6.45, 7) is 4.75. The molecule has 1 amide bonds. The Kier molecular flexibility index (Phi) is 8.93. The Labute approximate surface area is 211 Å². The average Bonchev–Trinajstić information content (AvgIpc) is 3.36. The van der Waals surface area contributed by atoms with Crippen molar-refractivity contribution in [3.63, 3.8) is 0 Å². The van der Waals surface area contributed by atoms with Gasteiger partial charge in [-0.15, -0.1) is 11.3 Å². The van der Waals surface area contributed by atoms with Gasteiger partial charge in [0.25, 0.3) is 0 Å². The summed E-state index contributed by atoms with van der Waals surface area (Å²) in [5, 5.41) is 12.9. The van der Waals surface area contributed by atoms with Crippen LogP contribution >= 0.6 is 11.3 Å². The zero-order chi connectivity index (χ0) is 24.6. The molecule has 0 saturated heterocycles. The first-order valence-electron chi connectivity index (χ1n) is 12.0. The number of amides is 1. The number of benzene rings is 2. The second kappa shape index (κ2) is 12.3. The number of aryl methyl sites for hydroxylation is 1. The molecule has 2 atom stereocenters. The van der Waals surface area contributed by atoms with E-state index in [9.17, 15) is 9.90 Å². The highest BCUT2D eigenvalue weighted by atomic mass is 32.1. The van der Waals surface area contributed by atoms with Crippen LogP contribution in [0.2, 0.25) is 0 Å². The number of carbonyl (C=O) groups is 1. The van der Waals surface area contributed by atoms with E-state index >= 15 is 0 Å². The molecule has 1 N–H and O–H groups in total. The van der Waals surface area contributed by atoms with Crippen molar-refractivity contribution < 1.29 is 19.4 Å². The smallest absolute Gasteiger partial charge is 0.237 e. The highest BCUT2D eigenvalue weighted by Gasteiger charge is 2.33. The lowest BCUT2D eigenvalue weighted by Crippen LogP contribution is -2.47. The Bertz CT molecular complexity index is 1070. The number of rotatable bonds is 11. The Morgan fingerprint density at radius 2 is 1.94 bits per heavy atom. The van der Waals surface area contributed by atoms with Gasteiger partial charge < -0.3 is 19.5 Å². The minimum Gasteiger partial charge on any atom is -0.491 e. The lowest BCUT2D eigenvalue weighted by Gasteiger charge is -2.37. The van der Waals surface area contributed by atoms with Gasteiger partial charge in [0.1, 0.15) is 12.4 Å². The molecule has 35 heavy (non-hydrogen) atoms. The number of hydrogen-bond acceptors (Lipinski definition) is 6. The predicted molar refractivity (Wildman–Crippen MR) is 139 cm³/mol. The molecule has 0 spiro atoms. The molecule has 0 radical (unpaired) electrons. The highest BCUT2D eigenvalue weighted by molar-refractivity contribution is 7.10. The molecule has 1 aliphatic rings. The summed E-state index contributed by atoms with van der Waals surface area (Å²) in [6.07, 6.45) is 0.177. The summed E-state index contributed by atoms with van der Waals surface area (Å²) in [4.78, 5) is 18.8. The third kappa shape index (κ3) is 6.70. The van der Waals surface area contributed by atoms with E-state index in [0.29, 0.717) is 32.8 Å². The Hall–Kier alpha value is -2.71. The summed E-state index contributed by atoms with van der Waals surface area (Å²) >= 11 is 1.74. The van der Waals surface area contributed by atoms with E-state index in [1.807, 2.05) is 71.3 Å². The van der Waals surface area contributed by atoms with Crippen LogP contribution in [0.4, 0.5) is 0 Å². The standard InChI is InChI=1S/C28H34N2O4S/c1-21-8-10-23(11-9-21)34-20-25-24-13-17-35-27(24)12-14-30(25)28(32)19-29(15-16-33-2)18-26(31)22-6-4-3-5-7-22/h3-11,13,17,25-26,31H,12,14-16,18-20H2,1-2H3. The normalized spacial score (nSPS) is 16.2. The third-order valence-corrected chi connectivity index (χ3v) is 7.43. The minimum atomic E-state index is -0.675. The predicted octanol–water partition coefficient (Wildman–Crippen LogP) is 4.24. The van der Waals surface area contributed by atoms with Gasteiger partial charge in [-0.3, -0.25) is 9.69 Å². The Morgan fingerprint density at radius 3 is 2.69 bits per heavy atom. The summed E-state index contributed by atoms with van der Waals surface area (Å²) < 4.78 is 11.4. The van der Waals surface area contributed by atoms with Crippen LogP contribution in [0.25, 0.3) is 0 Å². The van der Waals surface area contributed by atoms with Gasteiger partial charge in [-0.05, 0) is 48.1 Å². The molecule has 0 saturated carbocycles. The first kappa shape index (κ1) is 25.4. The number of methoxy groups -OCH3 is 1. The topological polar surface area (TPSA) is 62.2 Å². The van der Waals surface area contributed by atoms with E-state index in [1.165, 1.54) is 16.0 Å². The maximum Gasteiger partial charge on any atom is 0.237 e. The van der Waals surface area contributed by atoms with Crippen LogP contribution in [0.1, 0.15) is 33.7 Å². The van der Waals surface area contributed by atoms with E-state index in [0.717, 1.165) is 17.7 Å². The van der Waals surface area contributed by atoms with Gasteiger partial charge in [0.2, 0.25) is 5.91 Å². The molecular formula is C28H34N2O4S. The second-order valence-electron chi connectivity index (χ2n) is 8.93. The van der Waals surface area contributed by atoms with Gasteiger partial charge in [-0.2, -0.15) is 0 Å². The van der Waals surface area contributed by atoms with E-state index in [1.54, 1.807) is 18.4 Å². The fraction of sp³-hybridized carbons (Fsp3) is 0.393. The molecule has 7 heteroatoms. The van der Waals surface area contributed by atoms with Crippen LogP contribution < -0.4 is 4.74 Å². The molecule has 6 nitrogen and oxygen atoms in total. The van der Waals surface area contributed by atoms with Crippen molar-refractivity contribution in [3.8, 4) is 5.75 Å². The number of aliphatic hydroxyl groups excluding tert-OH is 1. The zero-order valence-electron chi connectivity index (χ0n) is 20.4. The molecule has 1 aliphatic heterocycles. The van der Waals surface area contributed by atoms with Gasteiger partial charge in [-0.25, -0.2) is 0 Å². The third-order valence-electron chi connectivity index (χ3n) is 6.43. The highest BCUT2D eigenvalue weighted by Crippen LogP contribution is 2.34. The number of ether oxygens (including phenoxy) is 2. The van der Waals surface area contributed by atoms with Crippen LogP contribution in [0.3, 0.4) is 0 Å². The average molecular weight is 495 g/mol. The zero-order valence-corrected chi connectivity index (χ0v) is 21.2. The monoisotopic (exact) mass is 494 g/mol. The molecule has 1 aromatic heterocycles. The molecule has 3 aromatic rings. The number of carbonyl (C=O) groups excluding carboxylic acids is 1. The molecule has 2 heterocycles. The minimum absolute atomic E-state index is 0.0377. The SMILES string of the molecule is COCCN(CC(=O)N1CCc2sccc2C1COc1ccc(C)cc1)CC(O)c1ccccc1. The van der Waals surface area contributed by atoms with E-state index in [4.69, 9.17) is 9.47 Å². The summed E-state index contributed by atoms with van der Waals surface area (Å²) in [5.74, 6) is 0.841. The molecule has 4 rings (SSSR count). The molecule has 0 fully saturated rings. The first-order chi connectivity index (χ1) is 17.0. The fourth-order valence-corrected chi connectivity index (χ4v) is 5.38. The summed E-state index contributed by atoms with van der Waals surface area (Å²) in [7, 11) is 1.65. The van der Waals surface area contributed by atoms with Crippen molar-refractivity contribution in [2.45, 2.75) is 25.5 Å². The number of aliphatic hydroxyl groups is 1. The number of hydrogen-bond donors (Lipinski definition) is 1. The van der Waals surface area contributed by atoms with Gasteiger partial charge in [-0.1, -0.05) is 48.0 Å². The maximum atomic E-state index is 13.6. The quantitative estimate of drug-likeness (QED) is 0.432. The van der Waals surface area contributed by atoms with Gasteiger partial charge in [0, 0.05) is 31.6 Å². The van der Waals surface area contributed by atoms with Crippen molar-refractivity contribution in [1.82, 2.24) is 9.80 Å². The summed E-state index contributed by atoms with van der Waals surface area (Å²) in [5.41, 5.74) is 3.20. The van der Waals surface area contributed by atoms with Gasteiger partial charge >= 0.3 is 0 Å². The first-order valence-corrected chi connectivity index (χ1v) is 12.9. The van der Waals surface area contributed by atoms with Crippen LogP contribution in [0.15, 0.2) is 66.0 Å².